The molecule has 0 heterocycles. The van der Waals surface area contributed by atoms with Crippen LogP contribution in [-0.4, -0.2) is 29.4 Å². The van der Waals surface area contributed by atoms with E-state index in [1.165, 1.54) is 25.7 Å². The maximum absolute atomic E-state index is 12.6. The smallest absolute Gasteiger partial charge is 0.224 e. The second kappa shape index (κ2) is 7.44. The molecule has 3 heteroatoms. The molecule has 1 amide bonds. The van der Waals surface area contributed by atoms with Crippen molar-refractivity contribution in [2.45, 2.75) is 85.2 Å². The number of carbonyl (C=O) groups excluding carboxylic acids is 1. The van der Waals surface area contributed by atoms with Gasteiger partial charge >= 0.3 is 0 Å². The minimum Gasteiger partial charge on any atom is -0.340 e. The highest BCUT2D eigenvalue weighted by molar-refractivity contribution is 5.77. The van der Waals surface area contributed by atoms with Gasteiger partial charge in [-0.15, -0.1) is 0 Å². The largest absolute Gasteiger partial charge is 0.340 e. The van der Waals surface area contributed by atoms with E-state index in [9.17, 15) is 4.79 Å². The van der Waals surface area contributed by atoms with E-state index in [4.69, 9.17) is 5.73 Å². The average Bonchev–Trinajstić information content (AvgIpc) is 2.81. The van der Waals surface area contributed by atoms with Gasteiger partial charge in [-0.25, -0.2) is 0 Å². The Balaban J connectivity index is 2.63. The molecule has 0 aromatic rings. The van der Waals surface area contributed by atoms with Gasteiger partial charge in [0.25, 0.3) is 0 Å². The molecule has 3 nitrogen and oxygen atoms in total. The average molecular weight is 282 g/mol. The highest BCUT2D eigenvalue weighted by atomic mass is 16.2. The van der Waals surface area contributed by atoms with Gasteiger partial charge in [0.15, 0.2) is 0 Å². The minimum atomic E-state index is -0.0575. The van der Waals surface area contributed by atoms with E-state index in [1.54, 1.807) is 0 Å². The maximum Gasteiger partial charge on any atom is 0.224 e. The van der Waals surface area contributed by atoms with Gasteiger partial charge in [-0.1, -0.05) is 47.5 Å². The van der Waals surface area contributed by atoms with Crippen molar-refractivity contribution in [3.63, 3.8) is 0 Å². The van der Waals surface area contributed by atoms with Crippen LogP contribution < -0.4 is 5.73 Å². The molecule has 1 fully saturated rings. The SMILES string of the molecule is CC(C)CCN(C(=O)CC(N)C(C)(C)C)C1CCCC1. The molecule has 20 heavy (non-hydrogen) atoms. The van der Waals surface area contributed by atoms with Crippen LogP contribution in [-0.2, 0) is 4.79 Å². The summed E-state index contributed by atoms with van der Waals surface area (Å²) >= 11 is 0. The minimum absolute atomic E-state index is 0.00491. The molecule has 1 atom stereocenters. The molecule has 1 saturated carbocycles. The summed E-state index contributed by atoms with van der Waals surface area (Å²) in [5.74, 6) is 0.906. The number of hydrogen-bond acceptors (Lipinski definition) is 2. The fourth-order valence-corrected chi connectivity index (χ4v) is 2.74. The van der Waals surface area contributed by atoms with Crippen molar-refractivity contribution in [1.29, 1.82) is 0 Å². The van der Waals surface area contributed by atoms with Crippen LogP contribution >= 0.6 is 0 Å². The monoisotopic (exact) mass is 282 g/mol. The maximum atomic E-state index is 12.6. The zero-order chi connectivity index (χ0) is 15.3. The Kier molecular flexibility index (Phi) is 6.50. The molecular weight excluding hydrogens is 248 g/mol. The van der Waals surface area contributed by atoms with E-state index in [-0.39, 0.29) is 17.4 Å². The van der Waals surface area contributed by atoms with Gasteiger partial charge in [-0.2, -0.15) is 0 Å². The summed E-state index contributed by atoms with van der Waals surface area (Å²) in [4.78, 5) is 14.8. The van der Waals surface area contributed by atoms with Crippen molar-refractivity contribution in [2.75, 3.05) is 6.54 Å². The summed E-state index contributed by atoms with van der Waals surface area (Å²) in [5.41, 5.74) is 6.19. The third-order valence-electron chi connectivity index (χ3n) is 4.54. The van der Waals surface area contributed by atoms with E-state index < -0.39 is 0 Å². The molecule has 0 aromatic heterocycles. The van der Waals surface area contributed by atoms with Crippen LogP contribution in [0.3, 0.4) is 0 Å². The normalized spacial score (nSPS) is 18.6. The summed E-state index contributed by atoms with van der Waals surface area (Å²) < 4.78 is 0. The molecule has 2 N–H and O–H groups in total. The van der Waals surface area contributed by atoms with Gasteiger partial charge < -0.3 is 10.6 Å². The Labute approximate surface area is 125 Å². The van der Waals surface area contributed by atoms with Crippen LogP contribution in [0.25, 0.3) is 0 Å². The van der Waals surface area contributed by atoms with E-state index in [2.05, 4.69) is 39.5 Å². The van der Waals surface area contributed by atoms with Gasteiger partial charge in [0, 0.05) is 25.0 Å². The molecule has 1 rings (SSSR count). The van der Waals surface area contributed by atoms with Crippen LogP contribution in [0.4, 0.5) is 0 Å². The topological polar surface area (TPSA) is 46.3 Å². The molecule has 0 bridgehead atoms. The van der Waals surface area contributed by atoms with E-state index in [1.807, 2.05) is 0 Å². The fourth-order valence-electron chi connectivity index (χ4n) is 2.74. The fraction of sp³-hybridized carbons (Fsp3) is 0.941. The number of nitrogens with zero attached hydrogens (tertiary/aromatic N) is 1. The first-order chi connectivity index (χ1) is 9.21. The first-order valence-corrected chi connectivity index (χ1v) is 8.27. The zero-order valence-corrected chi connectivity index (χ0v) is 14.1. The van der Waals surface area contributed by atoms with Crippen molar-refractivity contribution in [3.8, 4) is 0 Å². The van der Waals surface area contributed by atoms with Crippen molar-refractivity contribution in [1.82, 2.24) is 4.90 Å². The number of nitrogens with two attached hydrogens (primary N) is 1. The Bertz CT molecular complexity index is 301. The van der Waals surface area contributed by atoms with Crippen molar-refractivity contribution >= 4 is 5.91 Å². The second-order valence-electron chi connectivity index (χ2n) is 7.88. The highest BCUT2D eigenvalue weighted by Gasteiger charge is 2.30. The van der Waals surface area contributed by atoms with E-state index in [0.717, 1.165) is 13.0 Å². The number of carbonyl (C=O) groups is 1. The van der Waals surface area contributed by atoms with Crippen LogP contribution in [0, 0.1) is 11.3 Å². The molecule has 0 saturated heterocycles. The lowest BCUT2D eigenvalue weighted by atomic mass is 9.85. The zero-order valence-electron chi connectivity index (χ0n) is 14.1. The van der Waals surface area contributed by atoms with Gasteiger partial charge in [0.05, 0.1) is 0 Å². The lowest BCUT2D eigenvalue weighted by Gasteiger charge is -2.33. The standard InChI is InChI=1S/C17H34N2O/c1-13(2)10-11-19(14-8-6-7-9-14)16(20)12-15(18)17(3,4)5/h13-15H,6-12,18H2,1-5H3. The Hall–Kier alpha value is -0.570. The van der Waals surface area contributed by atoms with Gasteiger partial charge in [0.1, 0.15) is 0 Å². The Morgan fingerprint density at radius 2 is 1.80 bits per heavy atom. The molecular formula is C17H34N2O. The summed E-state index contributed by atoms with van der Waals surface area (Å²) in [6, 6.07) is 0.409. The molecule has 0 aromatic carbocycles. The molecule has 1 aliphatic rings. The summed E-state index contributed by atoms with van der Waals surface area (Å²) in [7, 11) is 0. The quantitative estimate of drug-likeness (QED) is 0.809. The molecule has 118 valence electrons. The van der Waals surface area contributed by atoms with Crippen LogP contribution in [0.1, 0.15) is 73.1 Å². The summed E-state index contributed by atoms with van der Waals surface area (Å²) in [6.45, 7) is 11.7. The van der Waals surface area contributed by atoms with Crippen LogP contribution in [0.2, 0.25) is 0 Å². The lowest BCUT2D eigenvalue weighted by molar-refractivity contribution is -0.134. The molecule has 0 radical (unpaired) electrons. The summed E-state index contributed by atoms with van der Waals surface area (Å²) in [5, 5.41) is 0. The van der Waals surface area contributed by atoms with Crippen molar-refractivity contribution in [2.24, 2.45) is 17.1 Å². The van der Waals surface area contributed by atoms with Crippen LogP contribution in [0.15, 0.2) is 0 Å². The summed E-state index contributed by atoms with van der Waals surface area (Å²) in [6.07, 6.45) is 6.46. The first kappa shape index (κ1) is 17.5. The number of hydrogen-bond donors (Lipinski definition) is 1. The molecule has 1 aliphatic carbocycles. The van der Waals surface area contributed by atoms with Crippen molar-refractivity contribution in [3.05, 3.63) is 0 Å². The lowest BCUT2D eigenvalue weighted by Crippen LogP contribution is -2.45. The number of rotatable bonds is 6. The third kappa shape index (κ3) is 5.43. The highest BCUT2D eigenvalue weighted by Crippen LogP contribution is 2.26. The predicted molar refractivity (Wildman–Crippen MR) is 85.5 cm³/mol. The molecule has 1 unspecified atom stereocenters. The van der Waals surface area contributed by atoms with Crippen molar-refractivity contribution < 1.29 is 4.79 Å². The van der Waals surface area contributed by atoms with E-state index >= 15 is 0 Å². The van der Waals surface area contributed by atoms with Crippen LogP contribution in [0.5, 0.6) is 0 Å². The Morgan fingerprint density at radius 3 is 2.25 bits per heavy atom. The molecule has 0 aliphatic heterocycles. The van der Waals surface area contributed by atoms with Gasteiger partial charge in [0.2, 0.25) is 5.91 Å². The van der Waals surface area contributed by atoms with E-state index in [0.29, 0.717) is 18.4 Å². The first-order valence-electron chi connectivity index (χ1n) is 8.27. The van der Waals surface area contributed by atoms with Gasteiger partial charge in [-0.3, -0.25) is 4.79 Å². The molecule has 0 spiro atoms. The predicted octanol–water partition coefficient (Wildman–Crippen LogP) is 3.57. The second-order valence-corrected chi connectivity index (χ2v) is 7.88. The third-order valence-corrected chi connectivity index (χ3v) is 4.54. The number of amides is 1. The van der Waals surface area contributed by atoms with Gasteiger partial charge in [-0.05, 0) is 30.6 Å². The Morgan fingerprint density at radius 1 is 1.25 bits per heavy atom.